The molecule has 1 atom stereocenters. The van der Waals surface area contributed by atoms with E-state index in [0.717, 1.165) is 83.6 Å². The minimum absolute atomic E-state index is 0.0147. The number of amides is 2. The summed E-state index contributed by atoms with van der Waals surface area (Å²) in [7, 11) is 1.62. The average molecular weight is 709 g/mol. The van der Waals surface area contributed by atoms with E-state index in [1.165, 1.54) is 0 Å². The molecule has 3 aliphatic heterocycles. The van der Waals surface area contributed by atoms with Crippen molar-refractivity contribution in [3.63, 3.8) is 0 Å². The van der Waals surface area contributed by atoms with Crippen molar-refractivity contribution in [3.05, 3.63) is 65.5 Å². The molecule has 5 heterocycles. The average Bonchev–Trinajstić information content (AvgIpc) is 3.51. The normalized spacial score (nSPS) is 26.0. The van der Waals surface area contributed by atoms with Gasteiger partial charge in [-0.1, -0.05) is 18.2 Å². The Morgan fingerprint density at radius 1 is 1.04 bits per heavy atom. The number of piperidine rings is 1. The van der Waals surface area contributed by atoms with Crippen LogP contribution >= 0.6 is 0 Å². The Kier molecular flexibility index (Phi) is 7.58. The molecule has 2 spiro atoms. The van der Waals surface area contributed by atoms with Gasteiger partial charge < -0.3 is 25.4 Å². The Labute approximate surface area is 302 Å². The summed E-state index contributed by atoms with van der Waals surface area (Å²) in [6.07, 6.45) is 5.49. The van der Waals surface area contributed by atoms with Crippen LogP contribution in [0.5, 0.6) is 0 Å². The van der Waals surface area contributed by atoms with Crippen molar-refractivity contribution in [3.8, 4) is 11.3 Å². The van der Waals surface area contributed by atoms with Crippen LogP contribution in [-0.2, 0) is 10.2 Å². The Hall–Kier alpha value is -4.42. The van der Waals surface area contributed by atoms with Crippen molar-refractivity contribution in [1.29, 1.82) is 0 Å². The second-order valence-corrected chi connectivity index (χ2v) is 16.1. The van der Waals surface area contributed by atoms with E-state index in [-0.39, 0.29) is 36.4 Å². The molecule has 10 nitrogen and oxygen atoms in total. The SMILES string of the molecule is CNC(=O)c1cc(Nc2nc(-c3ccc4c(c3)N([C@H]3C[C@@H](N5CCC6(C5)CC6(F)F)C3)C(=O)C43CCNCC3)cc3ncn(C(C)C)c23)ccc1C. The number of hydrogen-bond acceptors (Lipinski definition) is 7. The largest absolute Gasteiger partial charge is 0.355 e. The predicted octanol–water partition coefficient (Wildman–Crippen LogP) is 6.32. The first-order chi connectivity index (χ1) is 24.9. The zero-order valence-corrected chi connectivity index (χ0v) is 30.2. The Morgan fingerprint density at radius 3 is 2.50 bits per heavy atom. The van der Waals surface area contributed by atoms with Crippen LogP contribution in [0.25, 0.3) is 22.3 Å². The summed E-state index contributed by atoms with van der Waals surface area (Å²) in [6, 6.07) is 14.4. The zero-order valence-electron chi connectivity index (χ0n) is 30.2. The molecule has 2 aromatic carbocycles. The number of imidazole rings is 1. The fourth-order valence-corrected chi connectivity index (χ4v) is 9.46. The lowest BCUT2D eigenvalue weighted by atomic mass is 9.74. The molecule has 4 aromatic rings. The first-order valence-corrected chi connectivity index (χ1v) is 18.7. The zero-order chi connectivity index (χ0) is 36.2. The van der Waals surface area contributed by atoms with Crippen LogP contribution in [0.4, 0.5) is 26.0 Å². The van der Waals surface area contributed by atoms with Crippen molar-refractivity contribution >= 4 is 40.0 Å². The molecule has 0 bridgehead atoms. The molecular formula is C40H46F2N8O2. The maximum Gasteiger partial charge on any atom is 0.255 e. The Balaban J connectivity index is 1.08. The monoisotopic (exact) mass is 708 g/mol. The molecule has 5 aliphatic rings. The van der Waals surface area contributed by atoms with Gasteiger partial charge in [-0.15, -0.1) is 0 Å². The molecule has 2 saturated heterocycles. The highest BCUT2D eigenvalue weighted by Crippen LogP contribution is 2.65. The van der Waals surface area contributed by atoms with Crippen molar-refractivity contribution in [2.45, 2.75) is 88.8 Å². The summed E-state index contributed by atoms with van der Waals surface area (Å²) in [6.45, 7) is 8.86. The van der Waals surface area contributed by atoms with Gasteiger partial charge in [-0.25, -0.2) is 18.7 Å². The number of aryl methyl sites for hydroxylation is 1. The highest BCUT2D eigenvalue weighted by molar-refractivity contribution is 6.09. The van der Waals surface area contributed by atoms with Crippen LogP contribution in [0, 0.1) is 12.3 Å². The first-order valence-electron chi connectivity index (χ1n) is 18.7. The summed E-state index contributed by atoms with van der Waals surface area (Å²) >= 11 is 0. The number of fused-ring (bicyclic) bond motifs is 3. The van der Waals surface area contributed by atoms with Crippen LogP contribution in [0.15, 0.2) is 48.8 Å². The van der Waals surface area contributed by atoms with E-state index in [0.29, 0.717) is 30.9 Å². The number of likely N-dealkylation sites (tertiary alicyclic amines) is 1. The van der Waals surface area contributed by atoms with Gasteiger partial charge in [0.1, 0.15) is 5.52 Å². The highest BCUT2D eigenvalue weighted by Gasteiger charge is 2.73. The van der Waals surface area contributed by atoms with Crippen LogP contribution in [0.2, 0.25) is 0 Å². The maximum absolute atomic E-state index is 14.6. The number of pyridine rings is 1. The van der Waals surface area contributed by atoms with Crippen LogP contribution in [0.1, 0.15) is 79.9 Å². The smallest absolute Gasteiger partial charge is 0.255 e. The second-order valence-electron chi connectivity index (χ2n) is 16.1. The van der Waals surface area contributed by atoms with Crippen molar-refractivity contribution in [2.24, 2.45) is 5.41 Å². The van der Waals surface area contributed by atoms with Gasteiger partial charge >= 0.3 is 0 Å². The summed E-state index contributed by atoms with van der Waals surface area (Å²) in [5, 5.41) is 9.68. The molecule has 12 heteroatoms. The third-order valence-electron chi connectivity index (χ3n) is 12.8. The number of benzene rings is 2. The lowest BCUT2D eigenvalue weighted by Gasteiger charge is -2.46. The van der Waals surface area contributed by atoms with Gasteiger partial charge in [-0.2, -0.15) is 0 Å². The van der Waals surface area contributed by atoms with Crippen molar-refractivity contribution in [2.75, 3.05) is 43.4 Å². The van der Waals surface area contributed by atoms with Gasteiger partial charge in [0.2, 0.25) is 5.91 Å². The molecule has 52 heavy (non-hydrogen) atoms. The third-order valence-corrected chi connectivity index (χ3v) is 12.8. The molecule has 1 unspecified atom stereocenters. The summed E-state index contributed by atoms with van der Waals surface area (Å²) < 4.78 is 30.5. The van der Waals surface area contributed by atoms with E-state index in [4.69, 9.17) is 9.97 Å². The van der Waals surface area contributed by atoms with E-state index < -0.39 is 16.8 Å². The lowest BCUT2D eigenvalue weighted by molar-refractivity contribution is -0.125. The van der Waals surface area contributed by atoms with E-state index in [1.54, 1.807) is 7.05 Å². The topological polar surface area (TPSA) is 107 Å². The number of nitrogens with zero attached hydrogens (tertiary/aromatic N) is 5. The minimum atomic E-state index is -2.53. The third kappa shape index (κ3) is 5.00. The molecule has 0 radical (unpaired) electrons. The number of aromatic nitrogens is 3. The molecular weight excluding hydrogens is 662 g/mol. The molecule has 2 amide bonds. The summed E-state index contributed by atoms with van der Waals surface area (Å²) in [4.78, 5) is 41.5. The minimum Gasteiger partial charge on any atom is -0.355 e. The predicted molar refractivity (Wildman–Crippen MR) is 197 cm³/mol. The van der Waals surface area contributed by atoms with Gasteiger partial charge in [0.05, 0.1) is 28.4 Å². The Bertz CT molecular complexity index is 2120. The Morgan fingerprint density at radius 2 is 1.81 bits per heavy atom. The second kappa shape index (κ2) is 11.8. The number of anilines is 3. The molecule has 2 aliphatic carbocycles. The van der Waals surface area contributed by atoms with Crippen molar-refractivity contribution < 1.29 is 18.4 Å². The number of nitrogens with one attached hydrogen (secondary N) is 3. The highest BCUT2D eigenvalue weighted by atomic mass is 19.3. The van der Waals surface area contributed by atoms with Gasteiger partial charge in [0.25, 0.3) is 11.8 Å². The van der Waals surface area contributed by atoms with E-state index in [2.05, 4.69) is 62.4 Å². The maximum atomic E-state index is 14.6. The van der Waals surface area contributed by atoms with Gasteiger partial charge in [-0.05, 0) is 108 Å². The molecule has 9 rings (SSSR count). The molecule has 2 aromatic heterocycles. The molecule has 3 N–H and O–H groups in total. The molecule has 4 fully saturated rings. The van der Waals surface area contributed by atoms with E-state index in [1.807, 2.05) is 37.5 Å². The number of halogens is 2. The number of hydrogen-bond donors (Lipinski definition) is 3. The summed E-state index contributed by atoms with van der Waals surface area (Å²) in [5.74, 6) is -1.89. The van der Waals surface area contributed by atoms with Crippen LogP contribution in [0.3, 0.4) is 0 Å². The van der Waals surface area contributed by atoms with Crippen molar-refractivity contribution in [1.82, 2.24) is 30.1 Å². The summed E-state index contributed by atoms with van der Waals surface area (Å²) in [5.41, 5.74) is 6.09. The van der Waals surface area contributed by atoms with Gasteiger partial charge in [0, 0.05) is 60.6 Å². The van der Waals surface area contributed by atoms with Gasteiger partial charge in [0.15, 0.2) is 5.82 Å². The number of rotatable bonds is 7. The fourth-order valence-electron chi connectivity index (χ4n) is 9.46. The van der Waals surface area contributed by atoms with Crippen LogP contribution in [-0.4, -0.2) is 82.5 Å². The van der Waals surface area contributed by atoms with E-state index >= 15 is 0 Å². The number of carbonyl (C=O) groups is 2. The quantitative estimate of drug-likeness (QED) is 0.206. The van der Waals surface area contributed by atoms with Gasteiger partial charge in [-0.3, -0.25) is 14.5 Å². The fraction of sp³-hybridized carbons (Fsp3) is 0.500. The number of carbonyl (C=O) groups excluding carboxylic acids is 2. The standard InChI is InChI=1S/C40H46F2N8O2/c1-23(2)49-22-45-32-19-31(47-35(34(32)49)46-26-7-5-24(3)29(16-26)36(51)43-4)25-6-8-30-33(15-25)50(37(52)39(30)9-12-44-13-10-39)28-17-27(18-28)48-14-11-38(21-48)20-40(38,41)42/h5-8,15-16,19,22-23,27-28,44H,9-14,17-18,20-21H2,1-4H3,(H,43,51)(H,46,47)/t27-,28+,38?. The first kappa shape index (κ1) is 33.4. The molecule has 272 valence electrons. The van der Waals surface area contributed by atoms with Crippen LogP contribution < -0.4 is 20.9 Å². The number of alkyl halides is 2. The van der Waals surface area contributed by atoms with E-state index in [9.17, 15) is 18.4 Å². The molecule has 2 saturated carbocycles. The lowest BCUT2D eigenvalue weighted by Crippen LogP contribution is -2.57.